The van der Waals surface area contributed by atoms with Gasteiger partial charge in [0.2, 0.25) is 0 Å². The first kappa shape index (κ1) is 15.3. The van der Waals surface area contributed by atoms with Crippen molar-refractivity contribution in [2.75, 3.05) is 19.5 Å². The molecule has 0 spiro atoms. The second-order valence-corrected chi connectivity index (χ2v) is 5.87. The van der Waals surface area contributed by atoms with Crippen molar-refractivity contribution in [1.82, 2.24) is 5.32 Å². The summed E-state index contributed by atoms with van der Waals surface area (Å²) in [7, 11) is 1.72. The van der Waals surface area contributed by atoms with Crippen LogP contribution in [-0.4, -0.2) is 19.5 Å². The minimum Gasteiger partial charge on any atom is -0.496 e. The summed E-state index contributed by atoms with van der Waals surface area (Å²) in [6.07, 6.45) is 0.989. The Labute approximate surface area is 116 Å². The van der Waals surface area contributed by atoms with Crippen molar-refractivity contribution in [3.05, 3.63) is 29.3 Å². The standard InChI is InChI=1S/C15H24ClNO/c1-15(2,3)13-6-7-14(18-4)12(10-13)11-17-9-5-8-16/h6-7,10,17H,5,8-9,11H2,1-4H3. The molecule has 0 amide bonds. The predicted octanol–water partition coefficient (Wildman–Crippen LogP) is 3.71. The molecule has 0 radical (unpaired) electrons. The van der Waals surface area contributed by atoms with Gasteiger partial charge in [-0.05, 0) is 30.0 Å². The van der Waals surface area contributed by atoms with Crippen LogP contribution < -0.4 is 10.1 Å². The SMILES string of the molecule is COc1ccc(C(C)(C)C)cc1CNCCCCl. The maximum Gasteiger partial charge on any atom is 0.123 e. The van der Waals surface area contributed by atoms with E-state index in [-0.39, 0.29) is 5.41 Å². The Kier molecular flexibility index (Phi) is 5.97. The molecular weight excluding hydrogens is 246 g/mol. The van der Waals surface area contributed by atoms with Gasteiger partial charge in [-0.3, -0.25) is 0 Å². The third-order valence-electron chi connectivity index (χ3n) is 2.95. The van der Waals surface area contributed by atoms with Crippen molar-refractivity contribution in [2.45, 2.75) is 39.2 Å². The molecule has 2 nitrogen and oxygen atoms in total. The summed E-state index contributed by atoms with van der Waals surface area (Å²) in [5, 5.41) is 3.39. The average molecular weight is 270 g/mol. The van der Waals surface area contributed by atoms with Crippen molar-refractivity contribution in [1.29, 1.82) is 0 Å². The quantitative estimate of drug-likeness (QED) is 0.628. The lowest BCUT2D eigenvalue weighted by atomic mass is 9.86. The van der Waals surface area contributed by atoms with Crippen molar-refractivity contribution < 1.29 is 4.74 Å². The third-order valence-corrected chi connectivity index (χ3v) is 3.22. The molecule has 0 saturated carbocycles. The fourth-order valence-corrected chi connectivity index (χ4v) is 1.93. The highest BCUT2D eigenvalue weighted by Crippen LogP contribution is 2.27. The summed E-state index contributed by atoms with van der Waals surface area (Å²) in [6, 6.07) is 6.42. The van der Waals surface area contributed by atoms with Gasteiger partial charge in [0.05, 0.1) is 7.11 Å². The number of ether oxygens (including phenoxy) is 1. The summed E-state index contributed by atoms with van der Waals surface area (Å²) in [5.74, 6) is 1.65. The van der Waals surface area contributed by atoms with Crippen LogP contribution in [0.5, 0.6) is 5.75 Å². The number of rotatable bonds is 6. The molecule has 0 aliphatic rings. The van der Waals surface area contributed by atoms with E-state index in [1.54, 1.807) is 7.11 Å². The van der Waals surface area contributed by atoms with Crippen LogP contribution in [0.3, 0.4) is 0 Å². The highest BCUT2D eigenvalue weighted by Gasteiger charge is 2.15. The molecule has 1 N–H and O–H groups in total. The van der Waals surface area contributed by atoms with E-state index in [0.717, 1.165) is 25.3 Å². The van der Waals surface area contributed by atoms with Crippen LogP contribution in [-0.2, 0) is 12.0 Å². The smallest absolute Gasteiger partial charge is 0.123 e. The van der Waals surface area contributed by atoms with Gasteiger partial charge in [0.1, 0.15) is 5.75 Å². The van der Waals surface area contributed by atoms with Crippen LogP contribution in [0.1, 0.15) is 38.3 Å². The van der Waals surface area contributed by atoms with Gasteiger partial charge in [-0.1, -0.05) is 32.9 Å². The summed E-state index contributed by atoms with van der Waals surface area (Å²) in [4.78, 5) is 0. The lowest BCUT2D eigenvalue weighted by molar-refractivity contribution is 0.407. The first-order valence-corrected chi connectivity index (χ1v) is 6.96. The minimum atomic E-state index is 0.164. The molecule has 18 heavy (non-hydrogen) atoms. The van der Waals surface area contributed by atoms with Gasteiger partial charge in [0.15, 0.2) is 0 Å². The van der Waals surface area contributed by atoms with Gasteiger partial charge in [-0.15, -0.1) is 11.6 Å². The number of halogens is 1. The molecule has 0 aliphatic carbocycles. The Morgan fingerprint density at radius 1 is 1.28 bits per heavy atom. The maximum atomic E-state index is 5.66. The van der Waals surface area contributed by atoms with E-state index in [2.05, 4.69) is 44.3 Å². The van der Waals surface area contributed by atoms with Gasteiger partial charge >= 0.3 is 0 Å². The molecule has 0 aliphatic heterocycles. The number of hydrogen-bond acceptors (Lipinski definition) is 2. The van der Waals surface area contributed by atoms with Crippen LogP contribution in [0.25, 0.3) is 0 Å². The molecular formula is C15H24ClNO. The van der Waals surface area contributed by atoms with Gasteiger partial charge < -0.3 is 10.1 Å². The molecule has 1 aromatic rings. The first-order valence-electron chi connectivity index (χ1n) is 6.43. The Bertz CT molecular complexity index is 371. The highest BCUT2D eigenvalue weighted by atomic mass is 35.5. The average Bonchev–Trinajstić information content (AvgIpc) is 2.33. The van der Waals surface area contributed by atoms with Crippen LogP contribution in [0.2, 0.25) is 0 Å². The monoisotopic (exact) mass is 269 g/mol. The van der Waals surface area contributed by atoms with Gasteiger partial charge in [0, 0.05) is 18.0 Å². The van der Waals surface area contributed by atoms with Crippen molar-refractivity contribution in [3.63, 3.8) is 0 Å². The second-order valence-electron chi connectivity index (χ2n) is 5.50. The zero-order chi connectivity index (χ0) is 13.6. The third kappa shape index (κ3) is 4.51. The van der Waals surface area contributed by atoms with Gasteiger partial charge in [-0.2, -0.15) is 0 Å². The van der Waals surface area contributed by atoms with Crippen LogP contribution in [0.4, 0.5) is 0 Å². The zero-order valence-corrected chi connectivity index (χ0v) is 12.6. The van der Waals surface area contributed by atoms with E-state index in [0.29, 0.717) is 5.88 Å². The first-order chi connectivity index (χ1) is 8.49. The van der Waals surface area contributed by atoms with Crippen molar-refractivity contribution in [2.24, 2.45) is 0 Å². The van der Waals surface area contributed by atoms with Gasteiger partial charge in [-0.25, -0.2) is 0 Å². The molecule has 1 rings (SSSR count). The van der Waals surface area contributed by atoms with E-state index >= 15 is 0 Å². The van der Waals surface area contributed by atoms with E-state index in [4.69, 9.17) is 16.3 Å². The van der Waals surface area contributed by atoms with Crippen LogP contribution >= 0.6 is 11.6 Å². The fraction of sp³-hybridized carbons (Fsp3) is 0.600. The summed E-state index contributed by atoms with van der Waals surface area (Å²) < 4.78 is 5.40. The number of benzene rings is 1. The lowest BCUT2D eigenvalue weighted by Gasteiger charge is -2.21. The summed E-state index contributed by atoms with van der Waals surface area (Å²) in [6.45, 7) is 8.43. The molecule has 0 saturated heterocycles. The Balaban J connectivity index is 2.79. The Morgan fingerprint density at radius 3 is 2.56 bits per heavy atom. The molecule has 0 bridgehead atoms. The van der Waals surface area contributed by atoms with Crippen molar-refractivity contribution >= 4 is 11.6 Å². The Morgan fingerprint density at radius 2 is 2.00 bits per heavy atom. The zero-order valence-electron chi connectivity index (χ0n) is 11.8. The number of nitrogens with one attached hydrogen (secondary N) is 1. The Hall–Kier alpha value is -0.730. The topological polar surface area (TPSA) is 21.3 Å². The fourth-order valence-electron chi connectivity index (χ4n) is 1.80. The molecule has 0 heterocycles. The molecule has 1 aromatic carbocycles. The summed E-state index contributed by atoms with van der Waals surface area (Å²) in [5.41, 5.74) is 2.70. The largest absolute Gasteiger partial charge is 0.496 e. The van der Waals surface area contributed by atoms with E-state index in [1.807, 2.05) is 0 Å². The molecule has 102 valence electrons. The molecule has 0 aromatic heterocycles. The maximum absolute atomic E-state index is 5.66. The van der Waals surface area contributed by atoms with Crippen LogP contribution in [0.15, 0.2) is 18.2 Å². The molecule has 0 fully saturated rings. The van der Waals surface area contributed by atoms with Crippen molar-refractivity contribution in [3.8, 4) is 5.75 Å². The number of methoxy groups -OCH3 is 1. The lowest BCUT2D eigenvalue weighted by Crippen LogP contribution is -2.17. The second kappa shape index (κ2) is 7.01. The van der Waals surface area contributed by atoms with E-state index < -0.39 is 0 Å². The number of hydrogen-bond donors (Lipinski definition) is 1. The normalized spacial score (nSPS) is 11.6. The molecule has 3 heteroatoms. The highest BCUT2D eigenvalue weighted by molar-refractivity contribution is 6.17. The van der Waals surface area contributed by atoms with E-state index in [1.165, 1.54) is 11.1 Å². The van der Waals surface area contributed by atoms with Crippen LogP contribution in [0, 0.1) is 0 Å². The number of alkyl halides is 1. The molecule has 0 unspecified atom stereocenters. The minimum absolute atomic E-state index is 0.164. The predicted molar refractivity (Wildman–Crippen MR) is 78.7 cm³/mol. The van der Waals surface area contributed by atoms with Gasteiger partial charge in [0.25, 0.3) is 0 Å². The van der Waals surface area contributed by atoms with E-state index in [9.17, 15) is 0 Å². The molecule has 0 atom stereocenters. The summed E-state index contributed by atoms with van der Waals surface area (Å²) >= 11 is 5.66.